The van der Waals surface area contributed by atoms with E-state index in [1.807, 2.05) is 0 Å². The molecule has 3 fully saturated rings. The number of hydrogen-bond acceptors (Lipinski definition) is 7. The highest BCUT2D eigenvalue weighted by Gasteiger charge is 2.66. The predicted molar refractivity (Wildman–Crippen MR) is 134 cm³/mol. The number of likely N-dealkylation sites (tertiary alicyclic amines) is 1. The number of amides is 2. The highest BCUT2D eigenvalue weighted by molar-refractivity contribution is 5.97. The number of carbonyl (C=O) groups is 2. The SMILES string of the molecule is C[C@H]1[C@@H](c2ccc(F)c(F)c2OCCN2C[C@H]3C[C@@H]2CO3)[C@H](C(=O)Nc2ccnc(C(N)=O)c2)O[C@@]1(C)C(F)(F)F. The summed E-state index contributed by atoms with van der Waals surface area (Å²) >= 11 is 0. The lowest BCUT2D eigenvalue weighted by Crippen LogP contribution is -2.47. The number of aromatic nitrogens is 1. The topological polar surface area (TPSA) is 116 Å². The summed E-state index contributed by atoms with van der Waals surface area (Å²) in [6.45, 7) is 3.56. The molecule has 41 heavy (non-hydrogen) atoms. The minimum absolute atomic E-state index is 0.0278. The van der Waals surface area contributed by atoms with Gasteiger partial charge in [0.15, 0.2) is 17.2 Å². The lowest BCUT2D eigenvalue weighted by atomic mass is 9.77. The molecular weight excluding hydrogens is 555 g/mol. The molecule has 2 aromatic rings. The minimum atomic E-state index is -4.91. The maximum Gasteiger partial charge on any atom is 0.417 e. The van der Waals surface area contributed by atoms with E-state index in [1.165, 1.54) is 19.2 Å². The van der Waals surface area contributed by atoms with Gasteiger partial charge in [0.25, 0.3) is 11.8 Å². The molecule has 0 aliphatic carbocycles. The van der Waals surface area contributed by atoms with E-state index in [0.717, 1.165) is 31.5 Å². The third-order valence-corrected chi connectivity index (χ3v) is 8.29. The average molecular weight is 585 g/mol. The van der Waals surface area contributed by atoms with Crippen LogP contribution < -0.4 is 15.8 Å². The number of halogens is 5. The van der Waals surface area contributed by atoms with E-state index in [4.69, 9.17) is 19.9 Å². The lowest BCUT2D eigenvalue weighted by molar-refractivity contribution is -0.272. The van der Waals surface area contributed by atoms with Crippen molar-refractivity contribution in [3.63, 3.8) is 0 Å². The Hall–Kier alpha value is -3.36. The molecule has 0 saturated carbocycles. The van der Waals surface area contributed by atoms with Crippen molar-refractivity contribution in [2.24, 2.45) is 11.7 Å². The number of alkyl halides is 3. The molecule has 3 saturated heterocycles. The van der Waals surface area contributed by atoms with Crippen LogP contribution >= 0.6 is 0 Å². The zero-order valence-corrected chi connectivity index (χ0v) is 22.2. The van der Waals surface area contributed by atoms with Gasteiger partial charge < -0.3 is 25.3 Å². The van der Waals surface area contributed by atoms with Crippen LogP contribution in [-0.4, -0.2) is 78.0 Å². The number of nitrogens with one attached hydrogen (secondary N) is 1. The normalized spacial score (nSPS) is 29.6. The summed E-state index contributed by atoms with van der Waals surface area (Å²) in [5.41, 5.74) is 2.12. The zero-order chi connectivity index (χ0) is 29.7. The van der Waals surface area contributed by atoms with Gasteiger partial charge in [-0.25, -0.2) is 4.39 Å². The molecule has 0 unspecified atom stereocenters. The van der Waals surface area contributed by atoms with Crippen LogP contribution in [-0.2, 0) is 14.3 Å². The van der Waals surface area contributed by atoms with Crippen molar-refractivity contribution < 1.29 is 45.8 Å². The van der Waals surface area contributed by atoms with Crippen LogP contribution in [0.1, 0.15) is 42.2 Å². The van der Waals surface area contributed by atoms with Gasteiger partial charge in [0, 0.05) is 48.4 Å². The van der Waals surface area contributed by atoms with E-state index in [-0.39, 0.29) is 35.7 Å². The van der Waals surface area contributed by atoms with Crippen molar-refractivity contribution in [2.75, 3.05) is 31.6 Å². The quantitative estimate of drug-likeness (QED) is 0.457. The van der Waals surface area contributed by atoms with Gasteiger partial charge in [-0.05, 0) is 31.5 Å². The number of hydrogen-bond donors (Lipinski definition) is 2. The van der Waals surface area contributed by atoms with Gasteiger partial charge in [-0.3, -0.25) is 19.5 Å². The third-order valence-electron chi connectivity index (χ3n) is 8.29. The van der Waals surface area contributed by atoms with Gasteiger partial charge in [-0.1, -0.05) is 13.0 Å². The van der Waals surface area contributed by atoms with Crippen LogP contribution in [0.3, 0.4) is 0 Å². The van der Waals surface area contributed by atoms with E-state index in [0.29, 0.717) is 19.7 Å². The summed E-state index contributed by atoms with van der Waals surface area (Å²) in [5.74, 6) is -7.89. The Morgan fingerprint density at radius 2 is 2.02 bits per heavy atom. The number of rotatable bonds is 8. The molecule has 222 valence electrons. The number of benzene rings is 1. The Labute approximate surface area is 232 Å². The van der Waals surface area contributed by atoms with Crippen molar-refractivity contribution in [3.05, 3.63) is 53.4 Å². The zero-order valence-electron chi connectivity index (χ0n) is 22.2. The molecule has 6 atom stereocenters. The molecule has 0 spiro atoms. The number of pyridine rings is 1. The third kappa shape index (κ3) is 5.35. The second-order valence-corrected chi connectivity index (χ2v) is 10.7. The number of fused-ring (bicyclic) bond motifs is 2. The van der Waals surface area contributed by atoms with E-state index in [2.05, 4.69) is 15.2 Å². The van der Waals surface area contributed by atoms with Gasteiger partial charge >= 0.3 is 6.18 Å². The fraction of sp³-hybridized carbons (Fsp3) is 0.519. The van der Waals surface area contributed by atoms with E-state index < -0.39 is 58.9 Å². The Morgan fingerprint density at radius 3 is 2.66 bits per heavy atom. The Kier molecular flexibility index (Phi) is 7.68. The largest absolute Gasteiger partial charge is 0.489 e. The minimum Gasteiger partial charge on any atom is -0.489 e. The predicted octanol–water partition coefficient (Wildman–Crippen LogP) is 3.39. The maximum atomic E-state index is 15.2. The van der Waals surface area contributed by atoms with Crippen molar-refractivity contribution in [2.45, 2.75) is 56.2 Å². The molecule has 3 aliphatic heterocycles. The van der Waals surface area contributed by atoms with Crippen LogP contribution in [0.2, 0.25) is 0 Å². The van der Waals surface area contributed by atoms with E-state index in [1.54, 1.807) is 0 Å². The molecule has 3 aliphatic rings. The van der Waals surface area contributed by atoms with Crippen LogP contribution in [0.15, 0.2) is 30.5 Å². The summed E-state index contributed by atoms with van der Waals surface area (Å²) in [4.78, 5) is 30.7. The molecule has 9 nitrogen and oxygen atoms in total. The molecule has 14 heteroatoms. The van der Waals surface area contributed by atoms with E-state index >= 15 is 4.39 Å². The molecule has 2 bridgehead atoms. The summed E-state index contributed by atoms with van der Waals surface area (Å²) in [6, 6.07) is 4.54. The smallest absolute Gasteiger partial charge is 0.417 e. The lowest BCUT2D eigenvalue weighted by Gasteiger charge is -2.32. The van der Waals surface area contributed by atoms with Crippen molar-refractivity contribution in [1.29, 1.82) is 0 Å². The second kappa shape index (κ2) is 10.8. The van der Waals surface area contributed by atoms with Gasteiger partial charge in [0.2, 0.25) is 5.82 Å². The highest BCUT2D eigenvalue weighted by Crippen LogP contribution is 2.55. The molecule has 2 amide bonds. The molecular formula is C27H29F5N4O5. The fourth-order valence-electron chi connectivity index (χ4n) is 5.85. The van der Waals surface area contributed by atoms with Crippen molar-refractivity contribution in [1.82, 2.24) is 9.88 Å². The number of nitrogens with two attached hydrogens (primary N) is 1. The summed E-state index contributed by atoms with van der Waals surface area (Å²) in [6.07, 6.45) is -4.55. The maximum absolute atomic E-state index is 15.2. The summed E-state index contributed by atoms with van der Waals surface area (Å²) < 4.78 is 89.1. The van der Waals surface area contributed by atoms with Gasteiger partial charge in [-0.2, -0.15) is 17.6 Å². The van der Waals surface area contributed by atoms with Crippen LogP contribution in [0.25, 0.3) is 0 Å². The number of primary amides is 1. The number of carbonyl (C=O) groups excluding carboxylic acids is 2. The van der Waals surface area contributed by atoms with Crippen LogP contribution in [0, 0.1) is 17.6 Å². The van der Waals surface area contributed by atoms with Crippen LogP contribution in [0.4, 0.5) is 27.6 Å². The molecule has 5 rings (SSSR count). The Morgan fingerprint density at radius 1 is 1.27 bits per heavy atom. The number of morpholine rings is 1. The van der Waals surface area contributed by atoms with Gasteiger partial charge in [-0.15, -0.1) is 0 Å². The van der Waals surface area contributed by atoms with Crippen molar-refractivity contribution >= 4 is 17.5 Å². The van der Waals surface area contributed by atoms with Crippen LogP contribution in [0.5, 0.6) is 5.75 Å². The molecule has 0 radical (unpaired) electrons. The Balaban J connectivity index is 1.46. The first-order valence-electron chi connectivity index (χ1n) is 13.1. The monoisotopic (exact) mass is 584 g/mol. The molecule has 1 aromatic carbocycles. The summed E-state index contributed by atoms with van der Waals surface area (Å²) in [5, 5.41) is 2.42. The van der Waals surface area contributed by atoms with Gasteiger partial charge in [0.05, 0.1) is 12.7 Å². The average Bonchev–Trinajstić information content (AvgIpc) is 3.61. The molecule has 4 heterocycles. The summed E-state index contributed by atoms with van der Waals surface area (Å²) in [7, 11) is 0. The first-order chi connectivity index (χ1) is 19.3. The molecule has 1 aromatic heterocycles. The molecule has 3 N–H and O–H groups in total. The van der Waals surface area contributed by atoms with Gasteiger partial charge in [0.1, 0.15) is 18.4 Å². The second-order valence-electron chi connectivity index (χ2n) is 10.7. The standard InChI is InChI=1S/C27H29F5N4O5/c1-13-20(17-3-4-18(28)21(29)22(17)39-8-7-36-11-16-10-15(36)12-40-16)23(41-26(13,2)27(30,31)32)25(38)35-14-5-6-34-19(9-14)24(33)37/h3-6,9,13,15-16,20,23H,7-8,10-12H2,1-2H3,(H2,33,37)(H,34,35,38)/t13-,15+,16+,20-,23+,26+/m0/s1. The number of anilines is 1. The number of nitrogens with zero attached hydrogens (tertiary/aromatic N) is 2. The fourth-order valence-corrected chi connectivity index (χ4v) is 5.85. The number of ether oxygens (including phenoxy) is 3. The highest BCUT2D eigenvalue weighted by atomic mass is 19.4. The Bertz CT molecular complexity index is 1340. The first kappa shape index (κ1) is 29.1. The van der Waals surface area contributed by atoms with Crippen molar-refractivity contribution in [3.8, 4) is 5.75 Å². The first-order valence-corrected chi connectivity index (χ1v) is 13.1. The van der Waals surface area contributed by atoms with E-state index in [9.17, 15) is 27.2 Å².